The fourth-order valence-electron chi connectivity index (χ4n) is 4.44. The third-order valence-corrected chi connectivity index (χ3v) is 25.0. The average molecular weight is 685 g/mol. The van der Waals surface area contributed by atoms with E-state index in [2.05, 4.69) is 112 Å². The first-order valence-electron chi connectivity index (χ1n) is 15.8. The Morgan fingerprint density at radius 1 is 0.841 bits per heavy atom. The molecule has 2 aromatic rings. The standard InChI is InChI=1S/C31H60N4O5SSi3/c1-29(2,3)42(11,12)37-18-21-25(39-43(13,14)30(4,5)6)26(40-44(15,16)31(7,8)9)28(38-21)35-20-34-24-23(22(17-36)41-10)32-19-33-27(24)35/h19-22,25-26,28,36H,17-18H2,1-16H3/t21-,22?,25-,26-,28-/m1/s1. The topological polar surface area (TPSA) is 101 Å². The van der Waals surface area contributed by atoms with Crippen LogP contribution >= 0.6 is 11.8 Å². The van der Waals surface area contributed by atoms with Gasteiger partial charge in [-0.1, -0.05) is 62.3 Å². The molecule has 1 N–H and O–H groups in total. The second kappa shape index (κ2) is 13.1. The number of fused-ring (bicyclic) bond motifs is 1. The van der Waals surface area contributed by atoms with Crippen LogP contribution in [-0.4, -0.2) is 87.4 Å². The van der Waals surface area contributed by atoms with Gasteiger partial charge in [0.25, 0.3) is 0 Å². The molecule has 13 heteroatoms. The predicted octanol–water partition coefficient (Wildman–Crippen LogP) is 7.92. The molecule has 9 nitrogen and oxygen atoms in total. The highest BCUT2D eigenvalue weighted by atomic mass is 32.2. The monoisotopic (exact) mass is 684 g/mol. The van der Waals surface area contributed by atoms with Crippen molar-refractivity contribution < 1.29 is 23.1 Å². The molecule has 0 amide bonds. The molecule has 1 unspecified atom stereocenters. The van der Waals surface area contributed by atoms with Gasteiger partial charge in [-0.3, -0.25) is 4.57 Å². The van der Waals surface area contributed by atoms with E-state index in [9.17, 15) is 5.11 Å². The minimum atomic E-state index is -2.29. The zero-order chi connectivity index (χ0) is 33.7. The van der Waals surface area contributed by atoms with Gasteiger partial charge in [0.2, 0.25) is 0 Å². The highest BCUT2D eigenvalue weighted by Crippen LogP contribution is 2.47. The van der Waals surface area contributed by atoms with E-state index in [0.717, 1.165) is 5.69 Å². The van der Waals surface area contributed by atoms with Crippen molar-refractivity contribution in [2.45, 2.75) is 147 Å². The minimum absolute atomic E-state index is 0.00158. The van der Waals surface area contributed by atoms with Crippen molar-refractivity contribution >= 4 is 47.9 Å². The van der Waals surface area contributed by atoms with E-state index in [1.807, 2.05) is 10.8 Å². The number of nitrogens with zero attached hydrogens (tertiary/aromatic N) is 4. The average Bonchev–Trinajstić information content (AvgIpc) is 3.43. The van der Waals surface area contributed by atoms with Gasteiger partial charge in [-0.25, -0.2) is 15.0 Å². The fraction of sp³-hybridized carbons (Fsp3) is 0.839. The molecule has 1 saturated heterocycles. The predicted molar refractivity (Wildman–Crippen MR) is 190 cm³/mol. The van der Waals surface area contributed by atoms with Crippen molar-refractivity contribution in [3.8, 4) is 0 Å². The van der Waals surface area contributed by atoms with E-state index in [-0.39, 0.29) is 39.2 Å². The maximum absolute atomic E-state index is 10.0. The van der Waals surface area contributed by atoms with Crippen molar-refractivity contribution in [3.05, 3.63) is 18.3 Å². The van der Waals surface area contributed by atoms with Crippen LogP contribution in [0.15, 0.2) is 12.7 Å². The molecule has 3 heterocycles. The van der Waals surface area contributed by atoms with E-state index in [0.29, 0.717) is 17.8 Å². The summed E-state index contributed by atoms with van der Waals surface area (Å²) in [5.41, 5.74) is 2.04. The second-order valence-electron chi connectivity index (χ2n) is 16.8. The summed E-state index contributed by atoms with van der Waals surface area (Å²) in [5, 5.41) is 9.89. The molecule has 0 saturated carbocycles. The molecule has 0 aromatic carbocycles. The zero-order valence-corrected chi connectivity index (χ0v) is 34.0. The summed E-state index contributed by atoms with van der Waals surface area (Å²) in [5.74, 6) is 0. The maximum Gasteiger partial charge on any atom is 0.192 e. The van der Waals surface area contributed by atoms with Gasteiger partial charge in [0, 0.05) is 0 Å². The number of aromatic nitrogens is 4. The van der Waals surface area contributed by atoms with Crippen LogP contribution in [0, 0.1) is 0 Å². The van der Waals surface area contributed by atoms with Gasteiger partial charge in [-0.15, -0.1) is 0 Å². The van der Waals surface area contributed by atoms with Crippen LogP contribution in [0.5, 0.6) is 0 Å². The number of aliphatic hydroxyl groups excluding tert-OH is 1. The number of hydrogen-bond acceptors (Lipinski definition) is 9. The normalized spacial score (nSPS) is 23.5. The third-order valence-electron chi connectivity index (χ3n) is 10.6. The Labute approximate surface area is 274 Å². The number of aliphatic hydroxyl groups is 1. The molecule has 252 valence electrons. The number of thioether (sulfide) groups is 1. The van der Waals surface area contributed by atoms with Gasteiger partial charge in [0.1, 0.15) is 30.2 Å². The molecule has 1 aliphatic rings. The van der Waals surface area contributed by atoms with Crippen molar-refractivity contribution in [1.82, 2.24) is 19.5 Å². The van der Waals surface area contributed by atoms with E-state index in [1.54, 1.807) is 24.4 Å². The van der Waals surface area contributed by atoms with Crippen molar-refractivity contribution in [2.75, 3.05) is 19.5 Å². The number of hydrogen-bond donors (Lipinski definition) is 1. The summed E-state index contributed by atoms with van der Waals surface area (Å²) >= 11 is 1.54. The summed E-state index contributed by atoms with van der Waals surface area (Å²) in [6.45, 7) is 34.4. The summed E-state index contributed by atoms with van der Waals surface area (Å²) in [7, 11) is -6.63. The Morgan fingerprint density at radius 2 is 1.36 bits per heavy atom. The largest absolute Gasteiger partial charge is 0.414 e. The van der Waals surface area contributed by atoms with E-state index in [4.69, 9.17) is 23.0 Å². The van der Waals surface area contributed by atoms with E-state index < -0.39 is 37.3 Å². The third kappa shape index (κ3) is 7.73. The molecular formula is C31H60N4O5SSi3. The molecule has 44 heavy (non-hydrogen) atoms. The minimum Gasteiger partial charge on any atom is -0.414 e. The van der Waals surface area contributed by atoms with Crippen LogP contribution in [-0.2, 0) is 18.0 Å². The molecule has 1 aliphatic heterocycles. The molecular weight excluding hydrogens is 625 g/mol. The van der Waals surface area contributed by atoms with Crippen molar-refractivity contribution in [1.29, 1.82) is 0 Å². The summed E-state index contributed by atoms with van der Waals surface area (Å²) in [4.78, 5) is 14.0. The van der Waals surface area contributed by atoms with Gasteiger partial charge in [0.05, 0.1) is 30.5 Å². The van der Waals surface area contributed by atoms with Crippen LogP contribution in [0.4, 0.5) is 0 Å². The summed E-state index contributed by atoms with van der Waals surface area (Å²) in [6, 6.07) is 0. The quantitative estimate of drug-likeness (QED) is 0.237. The van der Waals surface area contributed by atoms with Crippen LogP contribution in [0.25, 0.3) is 11.2 Å². The van der Waals surface area contributed by atoms with Crippen LogP contribution in [0.3, 0.4) is 0 Å². The number of rotatable bonds is 11. The molecule has 0 aliphatic carbocycles. The molecule has 1 fully saturated rings. The van der Waals surface area contributed by atoms with Gasteiger partial charge < -0.3 is 23.1 Å². The van der Waals surface area contributed by atoms with E-state index in [1.165, 1.54) is 0 Å². The Kier molecular flexibility index (Phi) is 11.3. The lowest BCUT2D eigenvalue weighted by molar-refractivity contribution is -0.0470. The lowest BCUT2D eigenvalue weighted by Gasteiger charge is -2.44. The molecule has 3 rings (SSSR count). The van der Waals surface area contributed by atoms with Gasteiger partial charge >= 0.3 is 0 Å². The molecule has 5 atom stereocenters. The van der Waals surface area contributed by atoms with Gasteiger partial charge in [-0.05, 0) is 60.7 Å². The first-order chi connectivity index (χ1) is 19.9. The second-order valence-corrected chi connectivity index (χ2v) is 32.2. The smallest absolute Gasteiger partial charge is 0.192 e. The highest BCUT2D eigenvalue weighted by Gasteiger charge is 2.55. The number of ether oxygens (including phenoxy) is 1. The first kappa shape index (κ1) is 37.8. The van der Waals surface area contributed by atoms with Crippen molar-refractivity contribution in [3.63, 3.8) is 0 Å². The Balaban J connectivity index is 2.20. The zero-order valence-electron chi connectivity index (χ0n) is 30.2. The lowest BCUT2D eigenvalue weighted by Crippen LogP contribution is -2.54. The molecule has 0 bridgehead atoms. The fourth-order valence-corrected chi connectivity index (χ4v) is 8.60. The Hall–Kier alpha value is -0.649. The van der Waals surface area contributed by atoms with E-state index >= 15 is 0 Å². The van der Waals surface area contributed by atoms with Crippen LogP contribution in [0.2, 0.25) is 54.4 Å². The van der Waals surface area contributed by atoms with Gasteiger partial charge in [-0.2, -0.15) is 11.8 Å². The highest BCUT2D eigenvalue weighted by molar-refractivity contribution is 7.98. The SMILES string of the molecule is CSC(CO)c1ncnc2c1ncn2[C@@H]1O[C@H](CO[Si](C)(C)C(C)(C)C)[C@@H](O[Si](C)(C)C(C)(C)C)[C@H]1O[Si](C)(C)C(C)(C)C. The molecule has 2 aromatic heterocycles. The summed E-state index contributed by atoms with van der Waals surface area (Å²) < 4.78 is 30.4. The maximum atomic E-state index is 10.0. The van der Waals surface area contributed by atoms with Crippen LogP contribution < -0.4 is 0 Å². The van der Waals surface area contributed by atoms with Crippen molar-refractivity contribution in [2.24, 2.45) is 0 Å². The summed E-state index contributed by atoms with van der Waals surface area (Å²) in [6.07, 6.45) is 3.69. The lowest BCUT2D eigenvalue weighted by atomic mass is 10.1. The first-order valence-corrected chi connectivity index (χ1v) is 25.9. The Morgan fingerprint density at radius 3 is 1.84 bits per heavy atom. The number of imidazole rings is 1. The molecule has 0 spiro atoms. The van der Waals surface area contributed by atoms with Gasteiger partial charge in [0.15, 0.2) is 36.8 Å². The Bertz CT molecular complexity index is 1270. The molecule has 0 radical (unpaired) electrons. The van der Waals surface area contributed by atoms with Crippen LogP contribution in [0.1, 0.15) is 79.5 Å².